The molecular formula is C12H8N4O4. The van der Waals surface area contributed by atoms with Crippen LogP contribution in [0.4, 0.5) is 0 Å². The number of nitrogens with zero attached hydrogens (tertiary/aromatic N) is 3. The Balaban J connectivity index is 2.73. The van der Waals surface area contributed by atoms with Gasteiger partial charge in [-0.3, -0.25) is 9.36 Å². The number of aromatic nitrogens is 2. The van der Waals surface area contributed by atoms with Crippen LogP contribution in [-0.4, -0.2) is 20.3 Å². The maximum absolute atomic E-state index is 11.8. The van der Waals surface area contributed by atoms with E-state index in [0.717, 1.165) is 16.7 Å². The maximum Gasteiger partial charge on any atom is 0.354 e. The maximum atomic E-state index is 11.8. The normalized spacial score (nSPS) is 9.95. The average molecular weight is 272 g/mol. The van der Waals surface area contributed by atoms with Crippen molar-refractivity contribution in [2.45, 2.75) is 0 Å². The molecule has 0 aliphatic rings. The molecule has 8 heteroatoms. The van der Waals surface area contributed by atoms with Gasteiger partial charge >= 0.3 is 11.7 Å². The molecule has 0 bridgehead atoms. The Kier molecular flexibility index (Phi) is 3.10. The first-order chi connectivity index (χ1) is 9.45. The Labute approximate surface area is 111 Å². The fraction of sp³-hybridized carbons (Fsp3) is 0. The number of nitrogens with two attached hydrogens (primary N) is 1. The van der Waals surface area contributed by atoms with E-state index >= 15 is 0 Å². The molecule has 1 aromatic heterocycles. The summed E-state index contributed by atoms with van der Waals surface area (Å²) >= 11 is 0. The molecule has 2 aromatic rings. The van der Waals surface area contributed by atoms with Crippen LogP contribution in [-0.2, 0) is 0 Å². The summed E-state index contributed by atoms with van der Waals surface area (Å²) in [6, 6.07) is 6.63. The summed E-state index contributed by atoms with van der Waals surface area (Å²) in [5, 5.41) is 17.8. The summed E-state index contributed by atoms with van der Waals surface area (Å²) in [5.74, 6) is 3.98. The number of hydrogen-bond acceptors (Lipinski definition) is 5. The van der Waals surface area contributed by atoms with Crippen LogP contribution in [0.3, 0.4) is 0 Å². The minimum Gasteiger partial charge on any atom is -0.478 e. The monoisotopic (exact) mass is 272 g/mol. The number of carbonyl (C=O) groups is 1. The van der Waals surface area contributed by atoms with Crippen LogP contribution in [0.5, 0.6) is 0 Å². The summed E-state index contributed by atoms with van der Waals surface area (Å²) < 4.78 is 1.41. The summed E-state index contributed by atoms with van der Waals surface area (Å²) in [6.45, 7) is 0. The summed E-state index contributed by atoms with van der Waals surface area (Å²) in [6.07, 6.45) is 1.18. The smallest absolute Gasteiger partial charge is 0.354 e. The SMILES string of the molecule is N#Cc1ccc(-n2ccc(=O)n(N)c2=O)cc1C(=O)O. The van der Waals surface area contributed by atoms with Crippen molar-refractivity contribution in [1.29, 1.82) is 5.26 Å². The molecule has 0 radical (unpaired) electrons. The molecule has 100 valence electrons. The van der Waals surface area contributed by atoms with E-state index in [-0.39, 0.29) is 16.8 Å². The third-order valence-electron chi connectivity index (χ3n) is 2.65. The van der Waals surface area contributed by atoms with Crippen LogP contribution in [0, 0.1) is 11.3 Å². The first kappa shape index (κ1) is 13.1. The highest BCUT2D eigenvalue weighted by molar-refractivity contribution is 5.91. The molecule has 3 N–H and O–H groups in total. The van der Waals surface area contributed by atoms with E-state index in [9.17, 15) is 14.4 Å². The third kappa shape index (κ3) is 2.04. The largest absolute Gasteiger partial charge is 0.478 e. The Morgan fingerprint density at radius 2 is 2.00 bits per heavy atom. The Bertz CT molecular complexity index is 857. The van der Waals surface area contributed by atoms with Gasteiger partial charge in [0.2, 0.25) is 0 Å². The molecule has 0 saturated carbocycles. The van der Waals surface area contributed by atoms with E-state index in [1.54, 1.807) is 6.07 Å². The molecule has 1 aromatic carbocycles. The first-order valence-electron chi connectivity index (χ1n) is 5.33. The molecule has 0 amide bonds. The first-order valence-corrected chi connectivity index (χ1v) is 5.33. The highest BCUT2D eigenvalue weighted by Gasteiger charge is 2.12. The van der Waals surface area contributed by atoms with Crippen molar-refractivity contribution < 1.29 is 9.90 Å². The van der Waals surface area contributed by atoms with Gasteiger partial charge in [-0.1, -0.05) is 0 Å². The predicted octanol–water partition coefficient (Wildman–Crippen LogP) is -0.717. The van der Waals surface area contributed by atoms with Gasteiger partial charge in [-0.05, 0) is 18.2 Å². The van der Waals surface area contributed by atoms with E-state index in [1.807, 2.05) is 0 Å². The van der Waals surface area contributed by atoms with E-state index in [1.165, 1.54) is 18.3 Å². The van der Waals surface area contributed by atoms with Gasteiger partial charge in [-0.15, -0.1) is 0 Å². The van der Waals surface area contributed by atoms with E-state index in [0.29, 0.717) is 4.68 Å². The van der Waals surface area contributed by atoms with Gasteiger partial charge in [0.15, 0.2) is 0 Å². The van der Waals surface area contributed by atoms with Crippen molar-refractivity contribution in [2.75, 3.05) is 5.84 Å². The fourth-order valence-electron chi connectivity index (χ4n) is 1.65. The lowest BCUT2D eigenvalue weighted by Gasteiger charge is -2.08. The lowest BCUT2D eigenvalue weighted by Crippen LogP contribution is -2.43. The topological polar surface area (TPSA) is 131 Å². The average Bonchev–Trinajstić information content (AvgIpc) is 2.44. The molecule has 0 aliphatic heterocycles. The van der Waals surface area contributed by atoms with Gasteiger partial charge < -0.3 is 10.9 Å². The lowest BCUT2D eigenvalue weighted by atomic mass is 10.1. The van der Waals surface area contributed by atoms with Gasteiger partial charge in [0.25, 0.3) is 5.56 Å². The van der Waals surface area contributed by atoms with E-state index < -0.39 is 17.2 Å². The van der Waals surface area contributed by atoms with Crippen LogP contribution >= 0.6 is 0 Å². The molecule has 0 unspecified atom stereocenters. The number of benzene rings is 1. The van der Waals surface area contributed by atoms with Gasteiger partial charge in [0.1, 0.15) is 6.07 Å². The summed E-state index contributed by atoms with van der Waals surface area (Å²) in [4.78, 5) is 34.1. The van der Waals surface area contributed by atoms with Crippen LogP contribution in [0.1, 0.15) is 15.9 Å². The van der Waals surface area contributed by atoms with Crippen LogP contribution < -0.4 is 17.1 Å². The minimum absolute atomic E-state index is 0.0321. The lowest BCUT2D eigenvalue weighted by molar-refractivity contribution is 0.0696. The Hall–Kier alpha value is -3.34. The van der Waals surface area contributed by atoms with Crippen molar-refractivity contribution in [3.05, 3.63) is 62.4 Å². The second-order valence-corrected chi connectivity index (χ2v) is 3.82. The number of aromatic carboxylic acids is 1. The van der Waals surface area contributed by atoms with Gasteiger partial charge in [-0.2, -0.15) is 9.94 Å². The number of rotatable bonds is 2. The Morgan fingerprint density at radius 1 is 1.30 bits per heavy atom. The number of nitriles is 1. The highest BCUT2D eigenvalue weighted by Crippen LogP contribution is 2.13. The third-order valence-corrected chi connectivity index (χ3v) is 2.65. The van der Waals surface area contributed by atoms with Gasteiger partial charge in [-0.25, -0.2) is 9.59 Å². The Morgan fingerprint density at radius 3 is 2.60 bits per heavy atom. The van der Waals surface area contributed by atoms with Crippen molar-refractivity contribution in [2.24, 2.45) is 0 Å². The predicted molar refractivity (Wildman–Crippen MR) is 68.1 cm³/mol. The molecule has 1 heterocycles. The van der Waals surface area contributed by atoms with E-state index in [4.69, 9.17) is 16.2 Å². The number of carboxylic acid groups (broad SMARTS) is 1. The van der Waals surface area contributed by atoms with Gasteiger partial charge in [0.05, 0.1) is 16.8 Å². The number of nitrogen functional groups attached to an aromatic ring is 1. The molecule has 0 spiro atoms. The van der Waals surface area contributed by atoms with E-state index in [2.05, 4.69) is 0 Å². The zero-order chi connectivity index (χ0) is 14.9. The number of hydrogen-bond donors (Lipinski definition) is 2. The quantitative estimate of drug-likeness (QED) is 0.694. The molecular weight excluding hydrogens is 264 g/mol. The molecule has 0 saturated heterocycles. The van der Waals surface area contributed by atoms with Crippen LogP contribution in [0.2, 0.25) is 0 Å². The second kappa shape index (κ2) is 4.74. The zero-order valence-electron chi connectivity index (χ0n) is 9.98. The summed E-state index contributed by atoms with van der Waals surface area (Å²) in [7, 11) is 0. The molecule has 8 nitrogen and oxygen atoms in total. The summed E-state index contributed by atoms with van der Waals surface area (Å²) in [5.41, 5.74) is -1.59. The molecule has 0 fully saturated rings. The second-order valence-electron chi connectivity index (χ2n) is 3.82. The molecule has 0 atom stereocenters. The highest BCUT2D eigenvalue weighted by atomic mass is 16.4. The van der Waals surface area contributed by atoms with Crippen LogP contribution in [0.15, 0.2) is 40.1 Å². The minimum atomic E-state index is -1.29. The van der Waals surface area contributed by atoms with Crippen molar-refractivity contribution in [1.82, 2.24) is 9.24 Å². The van der Waals surface area contributed by atoms with Crippen molar-refractivity contribution in [3.8, 4) is 11.8 Å². The fourth-order valence-corrected chi connectivity index (χ4v) is 1.65. The number of carboxylic acids is 1. The molecule has 20 heavy (non-hydrogen) atoms. The van der Waals surface area contributed by atoms with Crippen LogP contribution in [0.25, 0.3) is 5.69 Å². The van der Waals surface area contributed by atoms with Crippen molar-refractivity contribution in [3.63, 3.8) is 0 Å². The van der Waals surface area contributed by atoms with Gasteiger partial charge in [0, 0.05) is 12.3 Å². The standard InChI is InChI=1S/C12H8N4O4/c13-6-7-1-2-8(5-9(7)11(18)19)15-4-3-10(17)16(14)12(15)20/h1-5H,14H2,(H,18,19). The van der Waals surface area contributed by atoms with Crippen molar-refractivity contribution >= 4 is 5.97 Å². The molecule has 2 rings (SSSR count). The zero-order valence-corrected chi connectivity index (χ0v) is 9.98. The molecule has 0 aliphatic carbocycles.